The van der Waals surface area contributed by atoms with E-state index in [9.17, 15) is 4.79 Å². The second-order valence-corrected chi connectivity index (χ2v) is 3.62. The third-order valence-electron chi connectivity index (χ3n) is 2.02. The molecule has 80 valence electrons. The van der Waals surface area contributed by atoms with Crippen molar-refractivity contribution in [2.24, 2.45) is 5.92 Å². The Morgan fingerprint density at radius 2 is 2.14 bits per heavy atom. The molecule has 0 amide bonds. The molecule has 0 bridgehead atoms. The second-order valence-electron chi connectivity index (χ2n) is 3.62. The fourth-order valence-electron chi connectivity index (χ4n) is 0.985. The van der Waals surface area contributed by atoms with Crippen LogP contribution in [0.3, 0.4) is 0 Å². The molecule has 0 radical (unpaired) electrons. The maximum Gasteiger partial charge on any atom is 0.302 e. The summed E-state index contributed by atoms with van der Waals surface area (Å²) in [5, 5.41) is 0. The van der Waals surface area contributed by atoms with Crippen molar-refractivity contribution in [3.63, 3.8) is 0 Å². The molecule has 14 heavy (non-hydrogen) atoms. The number of ether oxygens (including phenoxy) is 1. The summed E-state index contributed by atoms with van der Waals surface area (Å²) < 4.78 is 4.86. The molecule has 0 spiro atoms. The monoisotopic (exact) mass is 196 g/mol. The highest BCUT2D eigenvalue weighted by Crippen LogP contribution is 2.08. The maximum atomic E-state index is 10.5. The van der Waals surface area contributed by atoms with Crippen molar-refractivity contribution in [1.82, 2.24) is 0 Å². The SMILES string of the molecule is C=CC(C)CCC=C(C)COC(C)=O. The van der Waals surface area contributed by atoms with Gasteiger partial charge in [-0.2, -0.15) is 0 Å². The minimum absolute atomic E-state index is 0.225. The lowest BCUT2D eigenvalue weighted by atomic mass is 10.1. The van der Waals surface area contributed by atoms with E-state index in [-0.39, 0.29) is 5.97 Å². The van der Waals surface area contributed by atoms with Gasteiger partial charge in [0.15, 0.2) is 0 Å². The summed E-state index contributed by atoms with van der Waals surface area (Å²) in [7, 11) is 0. The third-order valence-corrected chi connectivity index (χ3v) is 2.02. The Bertz CT molecular complexity index is 216. The Morgan fingerprint density at radius 1 is 1.50 bits per heavy atom. The van der Waals surface area contributed by atoms with Crippen molar-refractivity contribution in [3.05, 3.63) is 24.3 Å². The van der Waals surface area contributed by atoms with Crippen LogP contribution in [0.4, 0.5) is 0 Å². The summed E-state index contributed by atoms with van der Waals surface area (Å²) in [5.74, 6) is 0.324. The maximum absolute atomic E-state index is 10.5. The van der Waals surface area contributed by atoms with E-state index < -0.39 is 0 Å². The van der Waals surface area contributed by atoms with Crippen LogP contribution < -0.4 is 0 Å². The molecule has 0 fully saturated rings. The largest absolute Gasteiger partial charge is 0.461 e. The standard InChI is InChI=1S/C12H20O2/c1-5-10(2)7-6-8-11(3)9-14-12(4)13/h5,8,10H,1,6-7,9H2,2-4H3. The molecule has 0 aromatic carbocycles. The van der Waals surface area contributed by atoms with Crippen LogP contribution in [0.5, 0.6) is 0 Å². The normalized spacial score (nSPS) is 13.5. The molecule has 0 aliphatic carbocycles. The van der Waals surface area contributed by atoms with Crippen molar-refractivity contribution >= 4 is 5.97 Å². The zero-order chi connectivity index (χ0) is 11.0. The van der Waals surface area contributed by atoms with Gasteiger partial charge in [-0.1, -0.05) is 19.1 Å². The number of esters is 1. The zero-order valence-corrected chi connectivity index (χ0v) is 9.38. The third kappa shape index (κ3) is 7.59. The molecule has 0 aromatic heterocycles. The number of hydrogen-bond acceptors (Lipinski definition) is 2. The molecule has 1 atom stereocenters. The van der Waals surface area contributed by atoms with Crippen molar-refractivity contribution in [2.45, 2.75) is 33.6 Å². The topological polar surface area (TPSA) is 26.3 Å². The highest BCUT2D eigenvalue weighted by atomic mass is 16.5. The van der Waals surface area contributed by atoms with Gasteiger partial charge in [-0.25, -0.2) is 0 Å². The summed E-state index contributed by atoms with van der Waals surface area (Å²) in [6.07, 6.45) is 6.18. The predicted molar refractivity (Wildman–Crippen MR) is 59.0 cm³/mol. The van der Waals surface area contributed by atoms with E-state index in [1.807, 2.05) is 13.0 Å². The molecule has 0 rings (SSSR count). The van der Waals surface area contributed by atoms with Crippen LogP contribution in [0.25, 0.3) is 0 Å². The molecule has 0 aliphatic heterocycles. The quantitative estimate of drug-likeness (QED) is 0.482. The summed E-state index contributed by atoms with van der Waals surface area (Å²) in [5.41, 5.74) is 1.11. The predicted octanol–water partition coefficient (Wildman–Crippen LogP) is 3.10. The van der Waals surface area contributed by atoms with E-state index >= 15 is 0 Å². The van der Waals surface area contributed by atoms with Gasteiger partial charge >= 0.3 is 5.97 Å². The van der Waals surface area contributed by atoms with Gasteiger partial charge in [-0.05, 0) is 31.3 Å². The molecule has 2 heteroatoms. The van der Waals surface area contributed by atoms with E-state index in [0.29, 0.717) is 12.5 Å². The van der Waals surface area contributed by atoms with E-state index in [1.54, 1.807) is 0 Å². The molecule has 1 unspecified atom stereocenters. The van der Waals surface area contributed by atoms with Crippen LogP contribution >= 0.6 is 0 Å². The molecule has 0 aromatic rings. The average molecular weight is 196 g/mol. The molecular formula is C12H20O2. The van der Waals surface area contributed by atoms with E-state index in [4.69, 9.17) is 4.74 Å². The fraction of sp³-hybridized carbons (Fsp3) is 0.583. The lowest BCUT2D eigenvalue weighted by Crippen LogP contribution is -2.01. The summed E-state index contributed by atoms with van der Waals surface area (Å²) in [4.78, 5) is 10.5. The number of carbonyl (C=O) groups excluding carboxylic acids is 1. The van der Waals surface area contributed by atoms with Crippen LogP contribution in [-0.2, 0) is 9.53 Å². The fourth-order valence-corrected chi connectivity index (χ4v) is 0.985. The van der Waals surface area contributed by atoms with Crippen LogP contribution in [0, 0.1) is 5.92 Å². The second kappa shape index (κ2) is 7.36. The van der Waals surface area contributed by atoms with Crippen LogP contribution in [-0.4, -0.2) is 12.6 Å². The molecular weight excluding hydrogens is 176 g/mol. The Hall–Kier alpha value is -1.05. The molecule has 0 N–H and O–H groups in total. The molecule has 0 aliphatic rings. The van der Waals surface area contributed by atoms with Gasteiger partial charge in [0.2, 0.25) is 0 Å². The first-order valence-corrected chi connectivity index (χ1v) is 4.97. The summed E-state index contributed by atoms with van der Waals surface area (Å²) in [6, 6.07) is 0. The Kier molecular flexibility index (Phi) is 6.81. The van der Waals surface area contributed by atoms with Gasteiger partial charge in [0.05, 0.1) is 0 Å². The van der Waals surface area contributed by atoms with Crippen molar-refractivity contribution in [2.75, 3.05) is 6.61 Å². The van der Waals surface area contributed by atoms with E-state index in [2.05, 4.69) is 19.6 Å². The number of hydrogen-bond donors (Lipinski definition) is 0. The average Bonchev–Trinajstić information content (AvgIpc) is 2.14. The van der Waals surface area contributed by atoms with Gasteiger partial charge in [0.25, 0.3) is 0 Å². The smallest absolute Gasteiger partial charge is 0.302 e. The van der Waals surface area contributed by atoms with Gasteiger partial charge in [-0.3, -0.25) is 4.79 Å². The first-order chi connectivity index (χ1) is 6.56. The Balaban J connectivity index is 3.65. The summed E-state index contributed by atoms with van der Waals surface area (Å²) in [6.45, 7) is 9.68. The summed E-state index contributed by atoms with van der Waals surface area (Å²) >= 11 is 0. The van der Waals surface area contributed by atoms with Crippen molar-refractivity contribution < 1.29 is 9.53 Å². The zero-order valence-electron chi connectivity index (χ0n) is 9.38. The van der Waals surface area contributed by atoms with Gasteiger partial charge in [-0.15, -0.1) is 6.58 Å². The van der Waals surface area contributed by atoms with Crippen molar-refractivity contribution in [1.29, 1.82) is 0 Å². The minimum Gasteiger partial charge on any atom is -0.461 e. The molecule has 0 saturated heterocycles. The first-order valence-electron chi connectivity index (χ1n) is 4.97. The molecule has 0 saturated carbocycles. The Morgan fingerprint density at radius 3 is 2.64 bits per heavy atom. The lowest BCUT2D eigenvalue weighted by molar-refractivity contribution is -0.139. The van der Waals surface area contributed by atoms with E-state index in [1.165, 1.54) is 6.92 Å². The van der Waals surface area contributed by atoms with E-state index in [0.717, 1.165) is 18.4 Å². The lowest BCUT2D eigenvalue weighted by Gasteiger charge is -2.04. The number of allylic oxidation sites excluding steroid dienone is 2. The van der Waals surface area contributed by atoms with Gasteiger partial charge < -0.3 is 4.74 Å². The highest BCUT2D eigenvalue weighted by molar-refractivity contribution is 5.66. The van der Waals surface area contributed by atoms with Gasteiger partial charge in [0.1, 0.15) is 6.61 Å². The van der Waals surface area contributed by atoms with Crippen LogP contribution in [0.15, 0.2) is 24.3 Å². The van der Waals surface area contributed by atoms with Gasteiger partial charge in [0, 0.05) is 6.92 Å². The Labute approximate surface area is 86.6 Å². The van der Waals surface area contributed by atoms with Crippen molar-refractivity contribution in [3.8, 4) is 0 Å². The van der Waals surface area contributed by atoms with Crippen LogP contribution in [0.2, 0.25) is 0 Å². The molecule has 0 heterocycles. The highest BCUT2D eigenvalue weighted by Gasteiger charge is 1.96. The van der Waals surface area contributed by atoms with Crippen LogP contribution in [0.1, 0.15) is 33.6 Å². The number of rotatable bonds is 6. The number of carbonyl (C=O) groups is 1. The first kappa shape index (κ1) is 12.9. The molecule has 2 nitrogen and oxygen atoms in total. The minimum atomic E-state index is -0.225.